The maximum Gasteiger partial charge on any atom is 0.235 e. The molecule has 0 aromatic carbocycles. The van der Waals surface area contributed by atoms with Crippen LogP contribution in [0.4, 0.5) is 0 Å². The van der Waals surface area contributed by atoms with Gasteiger partial charge in [-0.25, -0.2) is 0 Å². The molecule has 0 radical (unpaired) electrons. The Hall–Kier alpha value is -1.03. The van der Waals surface area contributed by atoms with Crippen molar-refractivity contribution in [2.75, 3.05) is 13.1 Å². The molecule has 17 heavy (non-hydrogen) atoms. The van der Waals surface area contributed by atoms with Crippen LogP contribution in [-0.4, -0.2) is 34.1 Å². The first kappa shape index (κ1) is 12.4. The van der Waals surface area contributed by atoms with Crippen molar-refractivity contribution < 1.29 is 4.79 Å². The van der Waals surface area contributed by atoms with E-state index < -0.39 is 0 Å². The standard InChI is InChI=1S/C13H18N2OS/c1-11(17-12-5-7-14-8-6-12)13(16)15-9-3-2-4-10-15/h5-8,11H,2-4,9-10H2,1H3. The average Bonchev–Trinajstić information content (AvgIpc) is 2.40. The highest BCUT2D eigenvalue weighted by atomic mass is 32.2. The highest BCUT2D eigenvalue weighted by molar-refractivity contribution is 8.00. The summed E-state index contributed by atoms with van der Waals surface area (Å²) in [7, 11) is 0. The summed E-state index contributed by atoms with van der Waals surface area (Å²) in [6.45, 7) is 3.85. The van der Waals surface area contributed by atoms with E-state index in [1.165, 1.54) is 6.42 Å². The number of carbonyl (C=O) groups is 1. The van der Waals surface area contributed by atoms with Crippen molar-refractivity contribution in [3.63, 3.8) is 0 Å². The van der Waals surface area contributed by atoms with Gasteiger partial charge in [0.25, 0.3) is 0 Å². The zero-order chi connectivity index (χ0) is 12.1. The fraction of sp³-hybridized carbons (Fsp3) is 0.538. The zero-order valence-electron chi connectivity index (χ0n) is 10.1. The summed E-state index contributed by atoms with van der Waals surface area (Å²) in [5.74, 6) is 0.270. The van der Waals surface area contributed by atoms with E-state index in [1.807, 2.05) is 24.0 Å². The molecule has 1 amide bonds. The van der Waals surface area contributed by atoms with E-state index in [1.54, 1.807) is 24.2 Å². The van der Waals surface area contributed by atoms with Crippen LogP contribution >= 0.6 is 11.8 Å². The molecule has 1 saturated heterocycles. The van der Waals surface area contributed by atoms with E-state index >= 15 is 0 Å². The Morgan fingerprint density at radius 1 is 1.29 bits per heavy atom. The Morgan fingerprint density at radius 3 is 2.59 bits per heavy atom. The number of rotatable bonds is 3. The summed E-state index contributed by atoms with van der Waals surface area (Å²) in [4.78, 5) is 19.3. The van der Waals surface area contributed by atoms with Gasteiger partial charge in [0.2, 0.25) is 5.91 Å². The number of carbonyl (C=O) groups excluding carboxylic acids is 1. The molecule has 1 unspecified atom stereocenters. The Labute approximate surface area is 107 Å². The van der Waals surface area contributed by atoms with Crippen LogP contribution in [0, 0.1) is 0 Å². The van der Waals surface area contributed by atoms with Gasteiger partial charge >= 0.3 is 0 Å². The van der Waals surface area contributed by atoms with Crippen molar-refractivity contribution in [1.82, 2.24) is 9.88 Å². The minimum atomic E-state index is -0.00417. The lowest BCUT2D eigenvalue weighted by Crippen LogP contribution is -2.40. The summed E-state index contributed by atoms with van der Waals surface area (Å²) in [6.07, 6.45) is 7.09. The molecule has 0 bridgehead atoms. The third kappa shape index (κ3) is 3.46. The Bertz CT molecular complexity index is 363. The summed E-state index contributed by atoms with van der Waals surface area (Å²) in [5.41, 5.74) is 0. The van der Waals surface area contributed by atoms with Crippen LogP contribution in [-0.2, 0) is 4.79 Å². The van der Waals surface area contributed by atoms with Crippen LogP contribution in [0.15, 0.2) is 29.4 Å². The van der Waals surface area contributed by atoms with E-state index in [9.17, 15) is 4.79 Å². The largest absolute Gasteiger partial charge is 0.342 e. The number of pyridine rings is 1. The highest BCUT2D eigenvalue weighted by Crippen LogP contribution is 2.24. The highest BCUT2D eigenvalue weighted by Gasteiger charge is 2.22. The van der Waals surface area contributed by atoms with Gasteiger partial charge in [0.15, 0.2) is 0 Å². The van der Waals surface area contributed by atoms with Gasteiger partial charge in [-0.1, -0.05) is 0 Å². The molecular formula is C13H18N2OS. The Balaban J connectivity index is 1.90. The third-order valence-electron chi connectivity index (χ3n) is 2.98. The van der Waals surface area contributed by atoms with Crippen LogP contribution in [0.1, 0.15) is 26.2 Å². The molecule has 1 aromatic rings. The first-order chi connectivity index (χ1) is 8.27. The Morgan fingerprint density at radius 2 is 1.94 bits per heavy atom. The molecule has 1 aromatic heterocycles. The zero-order valence-corrected chi connectivity index (χ0v) is 10.9. The van der Waals surface area contributed by atoms with Crippen LogP contribution in [0.3, 0.4) is 0 Å². The second-order valence-electron chi connectivity index (χ2n) is 4.33. The van der Waals surface area contributed by atoms with Crippen LogP contribution in [0.5, 0.6) is 0 Å². The molecular weight excluding hydrogens is 232 g/mol. The molecule has 1 atom stereocenters. The quantitative estimate of drug-likeness (QED) is 0.773. The van der Waals surface area contributed by atoms with Crippen molar-refractivity contribution in [2.45, 2.75) is 36.3 Å². The number of hydrogen-bond donors (Lipinski definition) is 0. The first-order valence-corrected chi connectivity index (χ1v) is 7.01. The number of thioether (sulfide) groups is 1. The summed E-state index contributed by atoms with van der Waals surface area (Å²) < 4.78 is 0. The van der Waals surface area contributed by atoms with Gasteiger partial charge in [0.1, 0.15) is 0 Å². The molecule has 0 saturated carbocycles. The molecule has 3 nitrogen and oxygen atoms in total. The lowest BCUT2D eigenvalue weighted by Gasteiger charge is -2.29. The maximum absolute atomic E-state index is 12.2. The maximum atomic E-state index is 12.2. The summed E-state index contributed by atoms with van der Waals surface area (Å²) in [5, 5.41) is -0.00417. The van der Waals surface area contributed by atoms with Gasteiger partial charge in [-0.3, -0.25) is 9.78 Å². The predicted octanol–water partition coefficient (Wildman–Crippen LogP) is 2.57. The second-order valence-corrected chi connectivity index (χ2v) is 5.74. The fourth-order valence-electron chi connectivity index (χ4n) is 2.04. The predicted molar refractivity (Wildman–Crippen MR) is 70.0 cm³/mol. The lowest BCUT2D eigenvalue weighted by atomic mass is 10.1. The van der Waals surface area contributed by atoms with Gasteiger partial charge in [0.05, 0.1) is 5.25 Å². The number of hydrogen-bond acceptors (Lipinski definition) is 3. The van der Waals surface area contributed by atoms with Crippen molar-refractivity contribution in [3.05, 3.63) is 24.5 Å². The Kier molecular flexibility index (Phi) is 4.42. The summed E-state index contributed by atoms with van der Waals surface area (Å²) >= 11 is 1.61. The third-order valence-corrected chi connectivity index (χ3v) is 4.08. The minimum Gasteiger partial charge on any atom is -0.342 e. The van der Waals surface area contributed by atoms with E-state index in [0.717, 1.165) is 30.8 Å². The number of nitrogens with zero attached hydrogens (tertiary/aromatic N) is 2. The number of aromatic nitrogens is 1. The average molecular weight is 250 g/mol. The lowest BCUT2D eigenvalue weighted by molar-refractivity contribution is -0.131. The van der Waals surface area contributed by atoms with E-state index in [4.69, 9.17) is 0 Å². The van der Waals surface area contributed by atoms with Crippen molar-refractivity contribution in [3.8, 4) is 0 Å². The smallest absolute Gasteiger partial charge is 0.235 e. The normalized spacial score (nSPS) is 17.8. The van der Waals surface area contributed by atoms with E-state index in [0.29, 0.717) is 0 Å². The number of likely N-dealkylation sites (tertiary alicyclic amines) is 1. The van der Waals surface area contributed by atoms with Crippen LogP contribution in [0.25, 0.3) is 0 Å². The molecule has 0 spiro atoms. The van der Waals surface area contributed by atoms with Gasteiger partial charge in [-0.05, 0) is 38.3 Å². The molecule has 4 heteroatoms. The molecule has 1 aliphatic rings. The van der Waals surface area contributed by atoms with Crippen LogP contribution < -0.4 is 0 Å². The molecule has 2 rings (SSSR count). The van der Waals surface area contributed by atoms with Gasteiger partial charge < -0.3 is 4.90 Å². The molecule has 92 valence electrons. The van der Waals surface area contributed by atoms with Crippen molar-refractivity contribution in [1.29, 1.82) is 0 Å². The molecule has 2 heterocycles. The summed E-state index contributed by atoms with van der Waals surface area (Å²) in [6, 6.07) is 3.90. The molecule has 1 aliphatic heterocycles. The van der Waals surface area contributed by atoms with Gasteiger partial charge in [0, 0.05) is 30.4 Å². The van der Waals surface area contributed by atoms with Gasteiger partial charge in [-0.2, -0.15) is 0 Å². The minimum absolute atomic E-state index is 0.00417. The fourth-order valence-corrected chi connectivity index (χ4v) is 2.98. The molecule has 0 aliphatic carbocycles. The second kappa shape index (κ2) is 6.05. The van der Waals surface area contributed by atoms with E-state index in [2.05, 4.69) is 4.98 Å². The van der Waals surface area contributed by atoms with Crippen molar-refractivity contribution >= 4 is 17.7 Å². The molecule has 1 fully saturated rings. The number of piperidine rings is 1. The van der Waals surface area contributed by atoms with Crippen LogP contribution in [0.2, 0.25) is 0 Å². The SMILES string of the molecule is CC(Sc1ccncc1)C(=O)N1CCCCC1. The van der Waals surface area contributed by atoms with E-state index in [-0.39, 0.29) is 11.2 Å². The number of amides is 1. The monoisotopic (exact) mass is 250 g/mol. The van der Waals surface area contributed by atoms with Crippen molar-refractivity contribution in [2.24, 2.45) is 0 Å². The first-order valence-electron chi connectivity index (χ1n) is 6.13. The molecule has 0 N–H and O–H groups in total. The van der Waals surface area contributed by atoms with Gasteiger partial charge in [-0.15, -0.1) is 11.8 Å². The topological polar surface area (TPSA) is 33.2 Å².